The molecule has 1 aliphatic carbocycles. The van der Waals surface area contributed by atoms with Crippen LogP contribution in [0.15, 0.2) is 0 Å². The number of cyclic esters (lactones) is 1. The molecule has 0 N–H and O–H groups in total. The van der Waals surface area contributed by atoms with E-state index in [0.717, 1.165) is 6.42 Å². The van der Waals surface area contributed by atoms with E-state index >= 15 is 0 Å². The number of hydrogen-bond acceptors (Lipinski definition) is 3. The molecule has 0 radical (unpaired) electrons. The summed E-state index contributed by atoms with van der Waals surface area (Å²) in [6, 6.07) is -0.344. The fourth-order valence-electron chi connectivity index (χ4n) is 4.45. The quantitative estimate of drug-likeness (QED) is 0.748. The molecule has 2 aliphatic heterocycles. The van der Waals surface area contributed by atoms with Crippen molar-refractivity contribution < 1.29 is 27.5 Å². The van der Waals surface area contributed by atoms with Crippen LogP contribution in [0.2, 0.25) is 0 Å². The van der Waals surface area contributed by atoms with Crippen LogP contribution in [0.25, 0.3) is 0 Å². The second kappa shape index (κ2) is 4.88. The number of Topliss-reactive ketones (excluding diaryl/α,β-unsaturated/α-hetero) is 1. The van der Waals surface area contributed by atoms with Gasteiger partial charge in [0, 0.05) is 12.0 Å². The Kier molecular flexibility index (Phi) is 3.41. The number of rotatable bonds is 1. The maximum absolute atomic E-state index is 12.8. The number of halogens is 3. The van der Waals surface area contributed by atoms with Gasteiger partial charge in [-0.1, -0.05) is 6.42 Å². The Bertz CT molecular complexity index is 465. The molecular formula is C14H18F3NO3. The lowest BCUT2D eigenvalue weighted by atomic mass is 9.63. The molecule has 1 amide bonds. The zero-order chi connectivity index (χ0) is 15.4. The highest BCUT2D eigenvalue weighted by molar-refractivity contribution is 5.86. The van der Waals surface area contributed by atoms with Crippen LogP contribution in [-0.4, -0.2) is 41.6 Å². The van der Waals surface area contributed by atoms with Gasteiger partial charge in [-0.15, -0.1) is 0 Å². The van der Waals surface area contributed by atoms with Gasteiger partial charge in [0.05, 0.1) is 6.04 Å². The number of fused-ring (bicyclic) bond motifs is 2. The zero-order valence-corrected chi connectivity index (χ0v) is 11.7. The third-order valence-corrected chi connectivity index (χ3v) is 5.34. The molecule has 0 aromatic rings. The summed E-state index contributed by atoms with van der Waals surface area (Å²) in [4.78, 5) is 25.1. The number of alkyl halides is 3. The summed E-state index contributed by atoms with van der Waals surface area (Å²) in [7, 11) is 0. The van der Waals surface area contributed by atoms with Gasteiger partial charge in [0.1, 0.15) is 6.61 Å². The van der Waals surface area contributed by atoms with E-state index in [9.17, 15) is 22.8 Å². The Morgan fingerprint density at radius 2 is 2.00 bits per heavy atom. The summed E-state index contributed by atoms with van der Waals surface area (Å²) in [5.74, 6) is -2.89. The van der Waals surface area contributed by atoms with E-state index in [1.807, 2.05) is 6.92 Å². The summed E-state index contributed by atoms with van der Waals surface area (Å²) in [6.45, 7) is 2.08. The highest BCUT2D eigenvalue weighted by atomic mass is 19.4. The predicted molar refractivity (Wildman–Crippen MR) is 66.4 cm³/mol. The molecular weight excluding hydrogens is 287 g/mol. The molecule has 7 heteroatoms. The number of nitrogens with zero attached hydrogens (tertiary/aromatic N) is 1. The van der Waals surface area contributed by atoms with Crippen molar-refractivity contribution in [2.45, 2.75) is 50.9 Å². The summed E-state index contributed by atoms with van der Waals surface area (Å²) in [5, 5.41) is 0. The SMILES string of the molecule is CC1C2CCCC(C(=O)C(F)(F)F)C2C[C@@H]2COC(=O)N12. The molecule has 21 heavy (non-hydrogen) atoms. The average Bonchev–Trinajstić information content (AvgIpc) is 2.78. The fourth-order valence-corrected chi connectivity index (χ4v) is 4.45. The minimum absolute atomic E-state index is 0.0445. The molecule has 0 aromatic heterocycles. The highest BCUT2D eigenvalue weighted by Gasteiger charge is 2.55. The van der Waals surface area contributed by atoms with Gasteiger partial charge in [-0.05, 0) is 38.0 Å². The van der Waals surface area contributed by atoms with E-state index in [2.05, 4.69) is 0 Å². The van der Waals surface area contributed by atoms with E-state index in [-0.39, 0.29) is 36.6 Å². The molecule has 118 valence electrons. The minimum atomic E-state index is -4.77. The number of carbonyl (C=O) groups excluding carboxylic acids is 2. The second-order valence-electron chi connectivity index (χ2n) is 6.34. The zero-order valence-electron chi connectivity index (χ0n) is 11.7. The van der Waals surface area contributed by atoms with Gasteiger partial charge in [-0.25, -0.2) is 4.79 Å². The first kappa shape index (κ1) is 14.7. The van der Waals surface area contributed by atoms with Crippen LogP contribution >= 0.6 is 0 Å². The smallest absolute Gasteiger partial charge is 0.447 e. The van der Waals surface area contributed by atoms with Crippen molar-refractivity contribution >= 4 is 11.9 Å². The Balaban J connectivity index is 1.85. The van der Waals surface area contributed by atoms with Crippen molar-refractivity contribution in [2.75, 3.05) is 6.61 Å². The van der Waals surface area contributed by atoms with Crippen molar-refractivity contribution in [2.24, 2.45) is 17.8 Å². The van der Waals surface area contributed by atoms with E-state index in [1.54, 1.807) is 4.90 Å². The first-order valence-corrected chi connectivity index (χ1v) is 7.37. The van der Waals surface area contributed by atoms with Gasteiger partial charge in [0.25, 0.3) is 0 Å². The molecule has 0 spiro atoms. The number of ketones is 1. The number of carbonyl (C=O) groups is 2. The van der Waals surface area contributed by atoms with Gasteiger partial charge in [0.2, 0.25) is 5.78 Å². The lowest BCUT2D eigenvalue weighted by Gasteiger charge is -2.49. The number of ether oxygens (including phenoxy) is 1. The van der Waals surface area contributed by atoms with Crippen LogP contribution in [-0.2, 0) is 9.53 Å². The molecule has 0 aromatic carbocycles. The molecule has 0 bridgehead atoms. The van der Waals surface area contributed by atoms with Gasteiger partial charge >= 0.3 is 12.3 Å². The number of amides is 1. The van der Waals surface area contributed by atoms with Gasteiger partial charge in [-0.2, -0.15) is 13.2 Å². The fraction of sp³-hybridized carbons (Fsp3) is 0.857. The molecule has 2 heterocycles. The number of piperidine rings is 1. The van der Waals surface area contributed by atoms with Crippen molar-refractivity contribution in [1.82, 2.24) is 4.90 Å². The van der Waals surface area contributed by atoms with Crippen LogP contribution < -0.4 is 0 Å². The van der Waals surface area contributed by atoms with E-state index in [1.165, 1.54) is 0 Å². The summed E-state index contributed by atoms with van der Waals surface area (Å²) in [6.07, 6.45) is -3.04. The van der Waals surface area contributed by atoms with E-state index in [0.29, 0.717) is 19.3 Å². The molecule has 2 saturated heterocycles. The third kappa shape index (κ3) is 2.30. The minimum Gasteiger partial charge on any atom is -0.447 e. The maximum atomic E-state index is 12.8. The molecule has 1 saturated carbocycles. The van der Waals surface area contributed by atoms with Crippen molar-refractivity contribution in [3.05, 3.63) is 0 Å². The normalized spacial score (nSPS) is 39.5. The van der Waals surface area contributed by atoms with Crippen molar-refractivity contribution in [3.8, 4) is 0 Å². The summed E-state index contributed by atoms with van der Waals surface area (Å²) >= 11 is 0. The Morgan fingerprint density at radius 1 is 1.29 bits per heavy atom. The third-order valence-electron chi connectivity index (χ3n) is 5.34. The molecule has 5 atom stereocenters. The monoisotopic (exact) mass is 305 g/mol. The topological polar surface area (TPSA) is 46.6 Å². The van der Waals surface area contributed by atoms with Gasteiger partial charge in [-0.3, -0.25) is 9.69 Å². The first-order chi connectivity index (χ1) is 9.80. The lowest BCUT2D eigenvalue weighted by Crippen LogP contribution is -2.56. The van der Waals surface area contributed by atoms with Crippen LogP contribution in [0, 0.1) is 17.8 Å². The molecule has 4 unspecified atom stereocenters. The van der Waals surface area contributed by atoms with Crippen molar-refractivity contribution in [3.63, 3.8) is 0 Å². The summed E-state index contributed by atoms with van der Waals surface area (Å²) in [5.41, 5.74) is 0. The van der Waals surface area contributed by atoms with Gasteiger partial charge < -0.3 is 4.74 Å². The standard InChI is InChI=1S/C14H18F3NO3/c1-7-9-3-2-4-10(12(19)14(15,16)17)11(9)5-8-6-21-13(20)18(7)8/h7-11H,2-6H2,1H3/t7?,8-,9?,10?,11?/m1/s1. The molecule has 3 aliphatic rings. The molecule has 4 nitrogen and oxygen atoms in total. The molecule has 3 fully saturated rings. The highest BCUT2D eigenvalue weighted by Crippen LogP contribution is 2.48. The summed E-state index contributed by atoms with van der Waals surface area (Å²) < 4.78 is 43.4. The van der Waals surface area contributed by atoms with Crippen LogP contribution in [0.1, 0.15) is 32.6 Å². The van der Waals surface area contributed by atoms with Crippen LogP contribution in [0.3, 0.4) is 0 Å². The van der Waals surface area contributed by atoms with Gasteiger partial charge in [0.15, 0.2) is 0 Å². The Hall–Kier alpha value is -1.27. The van der Waals surface area contributed by atoms with E-state index in [4.69, 9.17) is 4.74 Å². The Morgan fingerprint density at radius 3 is 2.67 bits per heavy atom. The number of hydrogen-bond donors (Lipinski definition) is 0. The van der Waals surface area contributed by atoms with Crippen molar-refractivity contribution in [1.29, 1.82) is 0 Å². The maximum Gasteiger partial charge on any atom is 0.450 e. The Labute approximate surface area is 120 Å². The van der Waals surface area contributed by atoms with E-state index < -0.39 is 17.9 Å². The largest absolute Gasteiger partial charge is 0.450 e. The average molecular weight is 305 g/mol. The molecule has 3 rings (SSSR count). The second-order valence-corrected chi connectivity index (χ2v) is 6.34. The van der Waals surface area contributed by atoms with Crippen LogP contribution in [0.4, 0.5) is 18.0 Å². The predicted octanol–water partition coefficient (Wildman–Crippen LogP) is 2.76. The lowest BCUT2D eigenvalue weighted by molar-refractivity contribution is -0.181. The van der Waals surface area contributed by atoms with Crippen LogP contribution in [0.5, 0.6) is 0 Å². The first-order valence-electron chi connectivity index (χ1n) is 7.37.